The Balaban J connectivity index is 2.32. The minimum absolute atomic E-state index is 0.0385. The molecule has 84 valence electrons. The van der Waals surface area contributed by atoms with Crippen LogP contribution in [-0.2, 0) is 4.79 Å². The molecule has 0 bridgehead atoms. The summed E-state index contributed by atoms with van der Waals surface area (Å²) < 4.78 is 4.89. The maximum atomic E-state index is 10.8. The number of hydrogen-bond acceptors (Lipinski definition) is 4. The Morgan fingerprint density at radius 3 is 2.75 bits per heavy atom. The maximum absolute atomic E-state index is 10.8. The molecule has 1 fully saturated rings. The quantitative estimate of drug-likeness (QED) is 0.472. The molecule has 1 aliphatic rings. The summed E-state index contributed by atoms with van der Waals surface area (Å²) in [7, 11) is 1.38. The number of benzene rings is 1. The van der Waals surface area contributed by atoms with E-state index in [0.717, 1.165) is 5.56 Å². The normalized spacial score (nSPS) is 18.6. The third-order valence-electron chi connectivity index (χ3n) is 2.53. The van der Waals surface area contributed by atoms with Crippen molar-refractivity contribution in [1.82, 2.24) is 5.32 Å². The molecule has 0 aliphatic carbocycles. The summed E-state index contributed by atoms with van der Waals surface area (Å²) in [6, 6.07) is 4.58. The van der Waals surface area contributed by atoms with Crippen LogP contribution in [0.5, 0.6) is 5.75 Å². The van der Waals surface area contributed by atoms with Gasteiger partial charge in [-0.3, -0.25) is 14.9 Å². The standard InChI is InChI=1S/C10H10N2O4/c1-16-9-3-2-6(4-8(9)12(14)15)7-5-10(13)11-7/h2-4,7H,5H2,1H3,(H,11,13). The number of amides is 1. The first kappa shape index (κ1) is 10.4. The number of nitrogens with one attached hydrogen (secondary N) is 1. The topological polar surface area (TPSA) is 81.5 Å². The molecule has 1 atom stereocenters. The molecule has 1 aliphatic heterocycles. The van der Waals surface area contributed by atoms with Crippen LogP contribution in [-0.4, -0.2) is 17.9 Å². The number of nitro benzene ring substituents is 1. The molecule has 1 N–H and O–H groups in total. The molecule has 1 saturated heterocycles. The highest BCUT2D eigenvalue weighted by molar-refractivity contribution is 5.83. The second-order valence-electron chi connectivity index (χ2n) is 3.51. The lowest BCUT2D eigenvalue weighted by Gasteiger charge is -2.27. The molecule has 0 aromatic heterocycles. The molecule has 0 radical (unpaired) electrons. The second-order valence-corrected chi connectivity index (χ2v) is 3.51. The Hall–Kier alpha value is -2.11. The van der Waals surface area contributed by atoms with E-state index in [-0.39, 0.29) is 23.4 Å². The highest BCUT2D eigenvalue weighted by atomic mass is 16.6. The summed E-state index contributed by atoms with van der Waals surface area (Å²) in [6.07, 6.45) is 0.378. The second kappa shape index (κ2) is 3.80. The van der Waals surface area contributed by atoms with Gasteiger partial charge >= 0.3 is 5.69 Å². The molecule has 1 unspecified atom stereocenters. The third-order valence-corrected chi connectivity index (χ3v) is 2.53. The first-order chi connectivity index (χ1) is 7.61. The highest BCUT2D eigenvalue weighted by Gasteiger charge is 2.28. The number of nitrogens with zero attached hydrogens (tertiary/aromatic N) is 1. The lowest BCUT2D eigenvalue weighted by atomic mass is 9.97. The predicted octanol–water partition coefficient (Wildman–Crippen LogP) is 1.16. The Morgan fingerprint density at radius 2 is 2.25 bits per heavy atom. The van der Waals surface area contributed by atoms with Crippen LogP contribution in [0.15, 0.2) is 18.2 Å². The minimum Gasteiger partial charge on any atom is -0.490 e. The van der Waals surface area contributed by atoms with Crippen LogP contribution < -0.4 is 10.1 Å². The SMILES string of the molecule is COc1ccc(C2CC(=O)N2)cc1[N+](=O)[O-]. The average molecular weight is 222 g/mol. The zero-order valence-electron chi connectivity index (χ0n) is 8.60. The van der Waals surface area contributed by atoms with Crippen molar-refractivity contribution in [3.8, 4) is 5.75 Å². The fourth-order valence-corrected chi connectivity index (χ4v) is 1.63. The van der Waals surface area contributed by atoms with Gasteiger partial charge in [-0.15, -0.1) is 0 Å². The van der Waals surface area contributed by atoms with Gasteiger partial charge in [-0.25, -0.2) is 0 Å². The van der Waals surface area contributed by atoms with E-state index in [1.54, 1.807) is 6.07 Å². The van der Waals surface area contributed by atoms with E-state index in [0.29, 0.717) is 6.42 Å². The maximum Gasteiger partial charge on any atom is 0.311 e. The van der Waals surface area contributed by atoms with Gasteiger partial charge in [0.2, 0.25) is 5.91 Å². The molecule has 1 aromatic carbocycles. The summed E-state index contributed by atoms with van der Waals surface area (Å²) >= 11 is 0. The lowest BCUT2D eigenvalue weighted by Crippen LogP contribution is -2.41. The number of nitro groups is 1. The zero-order chi connectivity index (χ0) is 11.7. The predicted molar refractivity (Wildman–Crippen MR) is 55.1 cm³/mol. The van der Waals surface area contributed by atoms with E-state index >= 15 is 0 Å². The zero-order valence-corrected chi connectivity index (χ0v) is 8.60. The average Bonchev–Trinajstić information content (AvgIpc) is 2.24. The summed E-state index contributed by atoms with van der Waals surface area (Å²) in [5.41, 5.74) is 0.647. The Labute approximate surface area is 91.4 Å². The molecule has 2 rings (SSSR count). The lowest BCUT2D eigenvalue weighted by molar-refractivity contribution is -0.385. The van der Waals surface area contributed by atoms with Gasteiger partial charge in [0.05, 0.1) is 24.5 Å². The van der Waals surface area contributed by atoms with E-state index in [1.807, 2.05) is 0 Å². The van der Waals surface area contributed by atoms with E-state index in [9.17, 15) is 14.9 Å². The number of β-lactam (4-membered cyclic amide) rings is 1. The molecule has 6 heteroatoms. The largest absolute Gasteiger partial charge is 0.490 e. The number of carbonyl (C=O) groups is 1. The summed E-state index contributed by atoms with van der Waals surface area (Å²) in [5, 5.41) is 13.4. The van der Waals surface area contributed by atoms with Gasteiger partial charge in [-0.1, -0.05) is 6.07 Å². The first-order valence-corrected chi connectivity index (χ1v) is 4.73. The van der Waals surface area contributed by atoms with Crippen molar-refractivity contribution in [2.24, 2.45) is 0 Å². The van der Waals surface area contributed by atoms with E-state index in [2.05, 4.69) is 5.32 Å². The number of carbonyl (C=O) groups excluding carboxylic acids is 1. The molecule has 0 saturated carbocycles. The molecule has 1 aromatic rings. The van der Waals surface area contributed by atoms with Crippen LogP contribution in [0, 0.1) is 10.1 Å². The monoisotopic (exact) mass is 222 g/mol. The van der Waals surface area contributed by atoms with Crippen LogP contribution in [0.3, 0.4) is 0 Å². The van der Waals surface area contributed by atoms with Crippen LogP contribution >= 0.6 is 0 Å². The van der Waals surface area contributed by atoms with E-state index in [4.69, 9.17) is 4.74 Å². The molecule has 6 nitrogen and oxygen atoms in total. The minimum atomic E-state index is -0.497. The van der Waals surface area contributed by atoms with E-state index in [1.165, 1.54) is 19.2 Å². The Bertz CT molecular complexity index is 450. The number of rotatable bonds is 3. The molecule has 16 heavy (non-hydrogen) atoms. The summed E-state index contributed by atoms with van der Waals surface area (Å²) in [6.45, 7) is 0. The van der Waals surface area contributed by atoms with Gasteiger partial charge in [0.25, 0.3) is 0 Å². The summed E-state index contributed by atoms with van der Waals surface area (Å²) in [4.78, 5) is 21.0. The van der Waals surface area contributed by atoms with Crippen molar-refractivity contribution in [2.45, 2.75) is 12.5 Å². The van der Waals surface area contributed by atoms with Crippen molar-refractivity contribution in [3.63, 3.8) is 0 Å². The fourth-order valence-electron chi connectivity index (χ4n) is 1.63. The van der Waals surface area contributed by atoms with Gasteiger partial charge in [-0.2, -0.15) is 0 Å². The smallest absolute Gasteiger partial charge is 0.311 e. The Morgan fingerprint density at radius 1 is 1.56 bits per heavy atom. The third kappa shape index (κ3) is 1.69. The van der Waals surface area contributed by atoms with Crippen molar-refractivity contribution >= 4 is 11.6 Å². The number of ether oxygens (including phenoxy) is 1. The first-order valence-electron chi connectivity index (χ1n) is 4.73. The number of hydrogen-bond donors (Lipinski definition) is 1. The molecular weight excluding hydrogens is 212 g/mol. The molecule has 1 amide bonds. The van der Waals surface area contributed by atoms with Crippen molar-refractivity contribution in [3.05, 3.63) is 33.9 Å². The van der Waals surface area contributed by atoms with Crippen molar-refractivity contribution in [1.29, 1.82) is 0 Å². The van der Waals surface area contributed by atoms with Crippen molar-refractivity contribution in [2.75, 3.05) is 7.11 Å². The Kier molecular flexibility index (Phi) is 2.47. The van der Waals surface area contributed by atoms with Gasteiger partial charge in [-0.05, 0) is 11.6 Å². The van der Waals surface area contributed by atoms with Gasteiger partial charge < -0.3 is 10.1 Å². The fraction of sp³-hybridized carbons (Fsp3) is 0.300. The van der Waals surface area contributed by atoms with Crippen molar-refractivity contribution < 1.29 is 14.5 Å². The summed E-state index contributed by atoms with van der Waals surface area (Å²) in [5.74, 6) is 0.183. The number of methoxy groups -OCH3 is 1. The van der Waals surface area contributed by atoms with Crippen LogP contribution in [0.25, 0.3) is 0 Å². The molecule has 1 heterocycles. The highest BCUT2D eigenvalue weighted by Crippen LogP contribution is 2.32. The molecular formula is C10H10N2O4. The van der Waals surface area contributed by atoms with Gasteiger partial charge in [0.15, 0.2) is 5.75 Å². The van der Waals surface area contributed by atoms with Crippen LogP contribution in [0.1, 0.15) is 18.0 Å². The van der Waals surface area contributed by atoms with E-state index < -0.39 is 4.92 Å². The van der Waals surface area contributed by atoms with Gasteiger partial charge in [0.1, 0.15) is 0 Å². The van der Waals surface area contributed by atoms with Gasteiger partial charge in [0, 0.05) is 6.07 Å². The molecule has 0 spiro atoms. The van der Waals surface area contributed by atoms with Crippen LogP contribution in [0.2, 0.25) is 0 Å². The van der Waals surface area contributed by atoms with Crippen LogP contribution in [0.4, 0.5) is 5.69 Å².